The predicted molar refractivity (Wildman–Crippen MR) is 39.8 cm³/mol. The Morgan fingerprint density at radius 3 is 2.67 bits per heavy atom. The number of rotatable bonds is 3. The van der Waals surface area contributed by atoms with E-state index in [1.54, 1.807) is 6.92 Å². The molecule has 0 bridgehead atoms. The molecular weight excluding hydrogens is 135 g/mol. The monoisotopic (exact) mass is 146 g/mol. The fourth-order valence-corrected chi connectivity index (χ4v) is 0.674. The van der Waals surface area contributed by atoms with Gasteiger partial charge in [0.05, 0.1) is 8.81 Å². The lowest BCUT2D eigenvalue weighted by molar-refractivity contribution is -0.129. The van der Waals surface area contributed by atoms with Crippen molar-refractivity contribution >= 4 is 14.8 Å². The first-order valence-electron chi connectivity index (χ1n) is 2.78. The molecule has 0 aliphatic carbocycles. The van der Waals surface area contributed by atoms with E-state index in [4.69, 9.17) is 4.52 Å². The molecule has 0 aliphatic heterocycles. The van der Waals surface area contributed by atoms with Gasteiger partial charge in [0.2, 0.25) is 0 Å². The predicted octanol–water partition coefficient (Wildman–Crippen LogP) is 1.72. The van der Waals surface area contributed by atoms with Crippen LogP contribution in [-0.4, -0.2) is 12.1 Å². The van der Waals surface area contributed by atoms with Crippen LogP contribution in [0.4, 0.5) is 0 Å². The summed E-state index contributed by atoms with van der Waals surface area (Å²) in [5, 5.41) is 0. The molecule has 1 atom stereocenters. The minimum absolute atomic E-state index is 0.278. The van der Waals surface area contributed by atoms with Crippen molar-refractivity contribution < 1.29 is 9.32 Å². The molecular formula is C6H11O2P. The van der Waals surface area contributed by atoms with Crippen LogP contribution in [0.3, 0.4) is 0 Å². The fourth-order valence-electron chi connectivity index (χ4n) is 0.225. The maximum atomic E-state index is 10.6. The highest BCUT2D eigenvalue weighted by Gasteiger charge is 1.99. The van der Waals surface area contributed by atoms with E-state index in [0.29, 0.717) is 5.57 Å². The Labute approximate surface area is 57.2 Å². The van der Waals surface area contributed by atoms with E-state index < -0.39 is 0 Å². The van der Waals surface area contributed by atoms with Gasteiger partial charge in [0.1, 0.15) is 0 Å². The van der Waals surface area contributed by atoms with Crippen LogP contribution < -0.4 is 0 Å². The van der Waals surface area contributed by atoms with Gasteiger partial charge in [0.15, 0.2) is 0 Å². The molecule has 1 unspecified atom stereocenters. The summed E-state index contributed by atoms with van der Waals surface area (Å²) in [4.78, 5) is 10.6. The molecule has 0 amide bonds. The van der Waals surface area contributed by atoms with Crippen LogP contribution in [0.5, 0.6) is 0 Å². The van der Waals surface area contributed by atoms with Gasteiger partial charge in [-0.3, -0.25) is 0 Å². The molecule has 0 rings (SSSR count). The molecule has 0 saturated carbocycles. The molecule has 0 aliphatic rings. The summed E-state index contributed by atoms with van der Waals surface area (Å²) in [5.74, 6) is -0.282. The molecule has 9 heavy (non-hydrogen) atoms. The van der Waals surface area contributed by atoms with E-state index in [-0.39, 0.29) is 14.8 Å². The molecule has 0 radical (unpaired) electrons. The third-order valence-electron chi connectivity index (χ3n) is 0.658. The van der Waals surface area contributed by atoms with Crippen molar-refractivity contribution in [2.24, 2.45) is 0 Å². The summed E-state index contributed by atoms with van der Waals surface area (Å²) in [7, 11) is 0.278. The molecule has 0 aromatic rings. The lowest BCUT2D eigenvalue weighted by Crippen LogP contribution is -1.97. The van der Waals surface area contributed by atoms with Crippen molar-refractivity contribution in [1.29, 1.82) is 0 Å². The van der Waals surface area contributed by atoms with Gasteiger partial charge in [-0.2, -0.15) is 0 Å². The smallest absolute Gasteiger partial charge is 0.335 e. The second kappa shape index (κ2) is 4.51. The molecule has 0 heterocycles. The molecule has 0 fully saturated rings. The van der Waals surface area contributed by atoms with Crippen LogP contribution in [0.25, 0.3) is 0 Å². The number of hydrogen-bond donors (Lipinski definition) is 0. The van der Waals surface area contributed by atoms with Crippen LogP contribution in [0.1, 0.15) is 13.8 Å². The molecule has 0 N–H and O–H groups in total. The Hall–Kier alpha value is -0.360. The van der Waals surface area contributed by atoms with Crippen molar-refractivity contribution in [1.82, 2.24) is 0 Å². The van der Waals surface area contributed by atoms with Crippen molar-refractivity contribution in [3.8, 4) is 0 Å². The van der Waals surface area contributed by atoms with Crippen LogP contribution in [0.15, 0.2) is 12.2 Å². The maximum Gasteiger partial charge on any atom is 0.335 e. The quantitative estimate of drug-likeness (QED) is 0.447. The summed E-state index contributed by atoms with van der Waals surface area (Å²) < 4.78 is 4.74. The van der Waals surface area contributed by atoms with Crippen LogP contribution in [-0.2, 0) is 9.32 Å². The van der Waals surface area contributed by atoms with E-state index in [9.17, 15) is 4.79 Å². The molecule has 0 aromatic carbocycles. The second-order valence-corrected chi connectivity index (χ2v) is 2.87. The van der Waals surface area contributed by atoms with E-state index in [1.165, 1.54) is 0 Å². The number of carbonyl (C=O) groups excluding carboxylic acids is 1. The molecule has 0 aromatic heterocycles. The summed E-state index contributed by atoms with van der Waals surface area (Å²) in [6, 6.07) is 0. The SMILES string of the molecule is C=C(C)C(=O)OPCC. The van der Waals surface area contributed by atoms with E-state index in [2.05, 4.69) is 6.58 Å². The highest BCUT2D eigenvalue weighted by atomic mass is 31.1. The largest absolute Gasteiger partial charge is 0.445 e. The van der Waals surface area contributed by atoms with Crippen molar-refractivity contribution in [3.63, 3.8) is 0 Å². The number of carbonyl (C=O) groups is 1. The zero-order valence-electron chi connectivity index (χ0n) is 5.73. The Morgan fingerprint density at radius 1 is 1.78 bits per heavy atom. The van der Waals surface area contributed by atoms with Crippen LogP contribution in [0.2, 0.25) is 0 Å². The van der Waals surface area contributed by atoms with Gasteiger partial charge in [-0.25, -0.2) is 4.79 Å². The standard InChI is InChI=1S/C6H11O2P/c1-4-9-8-6(7)5(2)3/h9H,2,4H2,1,3H3. The zero-order chi connectivity index (χ0) is 7.28. The molecule has 3 heteroatoms. The van der Waals surface area contributed by atoms with Gasteiger partial charge >= 0.3 is 5.97 Å². The summed E-state index contributed by atoms with van der Waals surface area (Å²) in [5.41, 5.74) is 0.468. The third kappa shape index (κ3) is 4.16. The Balaban J connectivity index is 3.39. The van der Waals surface area contributed by atoms with E-state index >= 15 is 0 Å². The normalized spacial score (nSPS) is 10.0. The van der Waals surface area contributed by atoms with Crippen molar-refractivity contribution in [2.45, 2.75) is 13.8 Å². The van der Waals surface area contributed by atoms with Gasteiger partial charge in [0, 0.05) is 5.57 Å². The Morgan fingerprint density at radius 2 is 2.33 bits per heavy atom. The zero-order valence-corrected chi connectivity index (χ0v) is 6.73. The van der Waals surface area contributed by atoms with Gasteiger partial charge in [0.25, 0.3) is 0 Å². The van der Waals surface area contributed by atoms with E-state index in [1.807, 2.05) is 6.92 Å². The average molecular weight is 146 g/mol. The molecule has 52 valence electrons. The maximum absolute atomic E-state index is 10.6. The average Bonchev–Trinajstić information content (AvgIpc) is 1.82. The van der Waals surface area contributed by atoms with Crippen molar-refractivity contribution in [3.05, 3.63) is 12.2 Å². The summed E-state index contributed by atoms with van der Waals surface area (Å²) in [6.07, 6.45) is 0.888. The lowest BCUT2D eigenvalue weighted by Gasteiger charge is -1.98. The first kappa shape index (κ1) is 8.64. The van der Waals surface area contributed by atoms with Gasteiger partial charge < -0.3 is 4.52 Å². The van der Waals surface area contributed by atoms with Crippen LogP contribution in [0, 0.1) is 0 Å². The van der Waals surface area contributed by atoms with Gasteiger partial charge in [-0.1, -0.05) is 13.5 Å². The van der Waals surface area contributed by atoms with Crippen LogP contribution >= 0.6 is 8.81 Å². The first-order valence-corrected chi connectivity index (χ1v) is 3.89. The third-order valence-corrected chi connectivity index (χ3v) is 1.28. The summed E-state index contributed by atoms with van der Waals surface area (Å²) >= 11 is 0. The van der Waals surface area contributed by atoms with Gasteiger partial charge in [-0.15, -0.1) is 0 Å². The highest BCUT2D eigenvalue weighted by Crippen LogP contribution is 2.12. The van der Waals surface area contributed by atoms with Crippen molar-refractivity contribution in [2.75, 3.05) is 6.16 Å². The first-order chi connectivity index (χ1) is 4.18. The minimum Gasteiger partial charge on any atom is -0.445 e. The topological polar surface area (TPSA) is 26.3 Å². The van der Waals surface area contributed by atoms with Gasteiger partial charge in [-0.05, 0) is 13.1 Å². The molecule has 2 nitrogen and oxygen atoms in total. The second-order valence-electron chi connectivity index (χ2n) is 1.67. The molecule has 0 saturated heterocycles. The lowest BCUT2D eigenvalue weighted by atomic mass is 10.4. The number of hydrogen-bond acceptors (Lipinski definition) is 2. The minimum atomic E-state index is -0.282. The Kier molecular flexibility index (Phi) is 4.33. The summed E-state index contributed by atoms with van der Waals surface area (Å²) in [6.45, 7) is 7.04. The fraction of sp³-hybridized carbons (Fsp3) is 0.500. The highest BCUT2D eigenvalue weighted by molar-refractivity contribution is 7.32. The van der Waals surface area contributed by atoms with E-state index in [0.717, 1.165) is 6.16 Å². The molecule has 0 spiro atoms. The Bertz CT molecular complexity index is 120.